The lowest BCUT2D eigenvalue weighted by atomic mass is 9.89. The van der Waals surface area contributed by atoms with E-state index in [9.17, 15) is 0 Å². The summed E-state index contributed by atoms with van der Waals surface area (Å²) >= 11 is 0. The zero-order valence-electron chi connectivity index (χ0n) is 23.3. The van der Waals surface area contributed by atoms with Crippen LogP contribution in [-0.2, 0) is 9.47 Å². The van der Waals surface area contributed by atoms with Crippen molar-refractivity contribution in [2.45, 2.75) is 158 Å². The quantitative estimate of drug-likeness (QED) is 0.215. The lowest BCUT2D eigenvalue weighted by Crippen LogP contribution is -2.33. The molecule has 0 amide bonds. The molecule has 0 aromatic rings. The smallest absolute Gasteiger partial charge is 0.103 e. The van der Waals surface area contributed by atoms with Gasteiger partial charge in [0.25, 0.3) is 0 Å². The Labute approximate surface area is 197 Å². The van der Waals surface area contributed by atoms with E-state index in [1.807, 2.05) is 20.8 Å². The monoisotopic (exact) mass is 443 g/mol. The van der Waals surface area contributed by atoms with E-state index >= 15 is 0 Å². The highest BCUT2D eigenvalue weighted by Gasteiger charge is 2.22. The van der Waals surface area contributed by atoms with E-state index in [1.54, 1.807) is 0 Å². The molecule has 0 saturated heterocycles. The molecule has 3 heteroatoms. The summed E-state index contributed by atoms with van der Waals surface area (Å²) in [5.41, 5.74) is 5.40. The third kappa shape index (κ3) is 24.4. The molecule has 0 aromatic heterocycles. The van der Waals surface area contributed by atoms with Crippen molar-refractivity contribution in [3.8, 4) is 0 Å². The number of nitrogens with two attached hydrogens (primary N) is 1. The first-order valence-corrected chi connectivity index (χ1v) is 13.5. The summed E-state index contributed by atoms with van der Waals surface area (Å²) in [7, 11) is 0. The van der Waals surface area contributed by atoms with E-state index in [2.05, 4.69) is 48.5 Å². The molecule has 0 fully saturated rings. The maximum absolute atomic E-state index is 5.56. The van der Waals surface area contributed by atoms with Crippen molar-refractivity contribution in [1.82, 2.24) is 0 Å². The number of hydrogen-bond acceptors (Lipinski definition) is 3. The van der Waals surface area contributed by atoms with Crippen molar-refractivity contribution >= 4 is 0 Å². The van der Waals surface area contributed by atoms with Crippen LogP contribution < -0.4 is 5.73 Å². The Bertz CT molecular complexity index is 362. The highest BCUT2D eigenvalue weighted by molar-refractivity contribution is 4.72. The summed E-state index contributed by atoms with van der Waals surface area (Å²) in [6, 6.07) is 0. The molecule has 0 saturated carbocycles. The van der Waals surface area contributed by atoms with Gasteiger partial charge in [-0.3, -0.25) is 0 Å². The van der Waals surface area contributed by atoms with Gasteiger partial charge in [0, 0.05) is 13.0 Å². The molecule has 0 heterocycles. The van der Waals surface area contributed by atoms with Gasteiger partial charge < -0.3 is 15.2 Å². The fraction of sp³-hybridized carbons (Fsp3) is 1.00. The molecule has 31 heavy (non-hydrogen) atoms. The predicted octanol–water partition coefficient (Wildman–Crippen LogP) is 8.74. The average Bonchev–Trinajstić information content (AvgIpc) is 2.61. The van der Waals surface area contributed by atoms with Gasteiger partial charge in [0.05, 0.1) is 11.7 Å². The van der Waals surface area contributed by atoms with Crippen molar-refractivity contribution in [2.75, 3.05) is 6.61 Å². The number of hydrogen-bond donors (Lipinski definition) is 1. The minimum Gasteiger partial charge on any atom is -0.376 e. The van der Waals surface area contributed by atoms with E-state index in [4.69, 9.17) is 15.2 Å². The topological polar surface area (TPSA) is 44.5 Å². The first kappa shape index (κ1) is 33.1. The molecule has 3 unspecified atom stereocenters. The minimum atomic E-state index is -0.201. The van der Waals surface area contributed by atoms with Gasteiger partial charge in [0.1, 0.15) is 6.23 Å². The molecule has 0 aromatic carbocycles. The standard InChI is InChI=1S/C18H38.C10H23NO2/c1-6-10-18(11-7-2)15-9-14-17(5)13-8-12-16(3)4;1-6-12-10(4,5)7-8(2)13-9(3)11/h16-18H,6-15H2,1-5H3;8-9H,6-7,11H2,1-5H3. The average molecular weight is 444 g/mol. The van der Waals surface area contributed by atoms with Crippen molar-refractivity contribution in [3.05, 3.63) is 0 Å². The Balaban J connectivity index is 0. The lowest BCUT2D eigenvalue weighted by molar-refractivity contribution is -0.0712. The largest absolute Gasteiger partial charge is 0.376 e. The molecule has 0 rings (SSSR count). The van der Waals surface area contributed by atoms with Gasteiger partial charge in [-0.2, -0.15) is 0 Å². The summed E-state index contributed by atoms with van der Waals surface area (Å²) in [5.74, 6) is 2.85. The van der Waals surface area contributed by atoms with Crippen LogP contribution in [0.1, 0.15) is 140 Å². The van der Waals surface area contributed by atoms with Gasteiger partial charge in [-0.05, 0) is 52.4 Å². The van der Waals surface area contributed by atoms with Gasteiger partial charge in [0.15, 0.2) is 0 Å². The minimum absolute atomic E-state index is 0.122. The van der Waals surface area contributed by atoms with Crippen molar-refractivity contribution in [2.24, 2.45) is 23.5 Å². The molecular weight excluding hydrogens is 382 g/mol. The molecule has 2 N–H and O–H groups in total. The van der Waals surface area contributed by atoms with Crippen LogP contribution in [0.2, 0.25) is 0 Å². The first-order chi connectivity index (χ1) is 14.5. The van der Waals surface area contributed by atoms with Crippen molar-refractivity contribution in [1.29, 1.82) is 0 Å². The molecule has 0 bridgehead atoms. The second-order valence-electron chi connectivity index (χ2n) is 10.9. The maximum atomic E-state index is 5.56. The van der Waals surface area contributed by atoms with E-state index < -0.39 is 0 Å². The van der Waals surface area contributed by atoms with Crippen LogP contribution in [0.4, 0.5) is 0 Å². The third-order valence-corrected chi connectivity index (χ3v) is 5.94. The molecule has 3 nitrogen and oxygen atoms in total. The maximum Gasteiger partial charge on any atom is 0.103 e. The summed E-state index contributed by atoms with van der Waals surface area (Å²) in [6.45, 7) is 22.5. The Morgan fingerprint density at radius 3 is 1.68 bits per heavy atom. The number of ether oxygens (including phenoxy) is 2. The molecule has 0 spiro atoms. The first-order valence-electron chi connectivity index (χ1n) is 13.5. The van der Waals surface area contributed by atoms with E-state index in [0.29, 0.717) is 0 Å². The van der Waals surface area contributed by atoms with Crippen molar-refractivity contribution < 1.29 is 9.47 Å². The summed E-state index contributed by atoms with van der Waals surface area (Å²) in [5, 5.41) is 0. The summed E-state index contributed by atoms with van der Waals surface area (Å²) in [4.78, 5) is 0. The van der Waals surface area contributed by atoms with Crippen LogP contribution in [0.5, 0.6) is 0 Å². The Morgan fingerprint density at radius 1 is 0.742 bits per heavy atom. The van der Waals surface area contributed by atoms with Gasteiger partial charge in [-0.15, -0.1) is 0 Å². The molecule has 3 atom stereocenters. The Kier molecular flexibility index (Phi) is 21.8. The SMILES string of the molecule is CCCC(CCC)CCCC(C)CCCC(C)C.CCOC(C)(C)CC(C)OC(C)N. The van der Waals surface area contributed by atoms with E-state index in [0.717, 1.165) is 30.8 Å². The third-order valence-electron chi connectivity index (χ3n) is 5.94. The fourth-order valence-corrected chi connectivity index (χ4v) is 4.58. The molecule has 0 aliphatic rings. The molecule has 0 radical (unpaired) electrons. The van der Waals surface area contributed by atoms with Crippen LogP contribution in [0.25, 0.3) is 0 Å². The second kappa shape index (κ2) is 20.5. The fourth-order valence-electron chi connectivity index (χ4n) is 4.58. The Morgan fingerprint density at radius 2 is 1.26 bits per heavy atom. The van der Waals surface area contributed by atoms with E-state index in [-0.39, 0.29) is 17.9 Å². The van der Waals surface area contributed by atoms with Gasteiger partial charge in [-0.25, -0.2) is 0 Å². The normalized spacial score (nSPS) is 15.0. The van der Waals surface area contributed by atoms with Gasteiger partial charge in [0.2, 0.25) is 0 Å². The summed E-state index contributed by atoms with van der Waals surface area (Å²) < 4.78 is 11.0. The molecule has 0 aliphatic heterocycles. The highest BCUT2D eigenvalue weighted by Crippen LogP contribution is 2.23. The molecular formula is C28H61NO2. The molecule has 0 aliphatic carbocycles. The van der Waals surface area contributed by atoms with E-state index in [1.165, 1.54) is 64.2 Å². The van der Waals surface area contributed by atoms with Crippen molar-refractivity contribution in [3.63, 3.8) is 0 Å². The van der Waals surface area contributed by atoms with Crippen LogP contribution in [0.15, 0.2) is 0 Å². The van der Waals surface area contributed by atoms with Crippen LogP contribution in [0, 0.1) is 17.8 Å². The lowest BCUT2D eigenvalue weighted by Gasteiger charge is -2.28. The van der Waals surface area contributed by atoms with Crippen LogP contribution in [0.3, 0.4) is 0 Å². The molecule has 190 valence electrons. The van der Waals surface area contributed by atoms with Gasteiger partial charge >= 0.3 is 0 Å². The Hall–Kier alpha value is -0.120. The highest BCUT2D eigenvalue weighted by atomic mass is 16.5. The van der Waals surface area contributed by atoms with Crippen LogP contribution in [-0.4, -0.2) is 24.5 Å². The predicted molar refractivity (Wildman–Crippen MR) is 140 cm³/mol. The van der Waals surface area contributed by atoms with Crippen LogP contribution >= 0.6 is 0 Å². The second-order valence-corrected chi connectivity index (χ2v) is 10.9. The zero-order valence-corrected chi connectivity index (χ0v) is 23.3. The number of rotatable bonds is 18. The van der Waals surface area contributed by atoms with Gasteiger partial charge in [-0.1, -0.05) is 98.8 Å². The summed E-state index contributed by atoms with van der Waals surface area (Å²) in [6.07, 6.45) is 15.2. The zero-order chi connectivity index (χ0) is 24.3.